The van der Waals surface area contributed by atoms with Crippen molar-refractivity contribution in [3.63, 3.8) is 0 Å². The third-order valence-corrected chi connectivity index (χ3v) is 7.73. The fourth-order valence-electron chi connectivity index (χ4n) is 5.11. The highest BCUT2D eigenvalue weighted by molar-refractivity contribution is 6.30. The van der Waals surface area contributed by atoms with E-state index in [2.05, 4.69) is 35.9 Å². The number of methoxy groups -OCH3 is 1. The molecule has 2 atom stereocenters. The van der Waals surface area contributed by atoms with Crippen LogP contribution in [0.5, 0.6) is 0 Å². The molecule has 4 aromatic rings. The molecule has 2 fully saturated rings. The fourth-order valence-corrected chi connectivity index (χ4v) is 5.29. The lowest BCUT2D eigenvalue weighted by molar-refractivity contribution is 0.0796. The molecule has 12 nitrogen and oxygen atoms in total. The normalized spacial score (nSPS) is 18.9. The van der Waals surface area contributed by atoms with Crippen molar-refractivity contribution in [3.05, 3.63) is 69.8 Å². The Balaban J connectivity index is 1.17. The molecule has 1 aromatic carbocycles. The van der Waals surface area contributed by atoms with Crippen molar-refractivity contribution in [2.24, 2.45) is 11.8 Å². The second-order valence-electron chi connectivity index (χ2n) is 9.99. The van der Waals surface area contributed by atoms with E-state index in [-0.39, 0.29) is 48.9 Å². The van der Waals surface area contributed by atoms with Gasteiger partial charge in [-0.1, -0.05) is 11.6 Å². The number of aryl methyl sites for hydroxylation is 1. The number of nitrogens with one attached hydrogen (secondary N) is 1. The zero-order valence-corrected chi connectivity index (χ0v) is 22.7. The minimum Gasteiger partial charge on any atom is -0.378 e. The van der Waals surface area contributed by atoms with Crippen molar-refractivity contribution in [2.45, 2.75) is 32.5 Å². The monoisotopic (exact) mass is 588 g/mol. The zero-order valence-electron chi connectivity index (χ0n) is 21.9. The summed E-state index contributed by atoms with van der Waals surface area (Å²) in [6.45, 7) is 2.41. The second kappa shape index (κ2) is 10.4. The minimum atomic E-state index is -2.57. The average molecular weight is 589 g/mol. The summed E-state index contributed by atoms with van der Waals surface area (Å²) in [7, 11) is 1.48. The number of benzene rings is 1. The molecule has 2 aliphatic rings. The molecule has 214 valence electrons. The van der Waals surface area contributed by atoms with Crippen LogP contribution >= 0.6 is 11.6 Å². The first-order valence-corrected chi connectivity index (χ1v) is 13.0. The van der Waals surface area contributed by atoms with Crippen molar-refractivity contribution in [2.75, 3.05) is 25.1 Å². The Hall–Kier alpha value is -4.11. The SMILES string of the molecule is COCc1nn(Cc2cnc(N3CC4C(C3)C4(F)F)nc2C)cc1C(=O)NCc1c(-n2cnnn2)ccc(Cl)c1F. The highest BCUT2D eigenvalue weighted by Crippen LogP contribution is 2.59. The Morgan fingerprint density at radius 2 is 2.05 bits per heavy atom. The number of rotatable bonds is 9. The largest absolute Gasteiger partial charge is 0.378 e. The Labute approximate surface area is 236 Å². The lowest BCUT2D eigenvalue weighted by atomic mass is 10.1. The molecule has 4 heterocycles. The maximum Gasteiger partial charge on any atom is 0.258 e. The Morgan fingerprint density at radius 1 is 1.27 bits per heavy atom. The predicted molar refractivity (Wildman–Crippen MR) is 138 cm³/mol. The number of aromatic nitrogens is 8. The molecule has 1 saturated heterocycles. The molecule has 1 aliphatic carbocycles. The molecule has 3 aromatic heterocycles. The summed E-state index contributed by atoms with van der Waals surface area (Å²) in [6, 6.07) is 2.93. The van der Waals surface area contributed by atoms with Gasteiger partial charge in [-0.3, -0.25) is 9.48 Å². The Kier molecular flexibility index (Phi) is 6.85. The van der Waals surface area contributed by atoms with Gasteiger partial charge in [-0.05, 0) is 29.5 Å². The van der Waals surface area contributed by atoms with Crippen LogP contribution < -0.4 is 10.2 Å². The quantitative estimate of drug-likeness (QED) is 0.314. The number of halogens is 4. The molecule has 0 radical (unpaired) electrons. The van der Waals surface area contributed by atoms with E-state index in [4.69, 9.17) is 16.3 Å². The lowest BCUT2D eigenvalue weighted by Crippen LogP contribution is -2.29. The van der Waals surface area contributed by atoms with Gasteiger partial charge in [-0.25, -0.2) is 27.8 Å². The van der Waals surface area contributed by atoms with Gasteiger partial charge >= 0.3 is 0 Å². The number of fused-ring (bicyclic) bond motifs is 1. The highest BCUT2D eigenvalue weighted by Gasteiger charge is 2.72. The summed E-state index contributed by atoms with van der Waals surface area (Å²) in [6.07, 6.45) is 4.50. The van der Waals surface area contributed by atoms with Crippen LogP contribution in [0.15, 0.2) is 30.9 Å². The summed E-state index contributed by atoms with van der Waals surface area (Å²) >= 11 is 5.98. The van der Waals surface area contributed by atoms with E-state index in [1.165, 1.54) is 24.2 Å². The van der Waals surface area contributed by atoms with Crippen molar-refractivity contribution in [1.29, 1.82) is 0 Å². The molecule has 2 unspecified atom stereocenters. The molecule has 1 aliphatic heterocycles. The van der Waals surface area contributed by atoms with Crippen LogP contribution in [0.2, 0.25) is 5.02 Å². The maximum atomic E-state index is 14.9. The first-order valence-electron chi connectivity index (χ1n) is 12.7. The van der Waals surface area contributed by atoms with E-state index < -0.39 is 29.5 Å². The lowest BCUT2D eigenvalue weighted by Gasteiger charge is -2.20. The number of amides is 1. The van der Waals surface area contributed by atoms with Gasteiger partial charge in [0.1, 0.15) is 17.8 Å². The van der Waals surface area contributed by atoms with Crippen LogP contribution in [0.4, 0.5) is 19.1 Å². The molecular formula is C25H24ClF3N10O2. The number of hydrogen-bond donors (Lipinski definition) is 1. The van der Waals surface area contributed by atoms with E-state index >= 15 is 0 Å². The topological polar surface area (TPSA) is 129 Å². The van der Waals surface area contributed by atoms with Crippen LogP contribution in [0.1, 0.15) is 32.9 Å². The summed E-state index contributed by atoms with van der Waals surface area (Å²) in [5.41, 5.74) is 2.46. The molecular weight excluding hydrogens is 565 g/mol. The van der Waals surface area contributed by atoms with E-state index in [0.717, 1.165) is 5.56 Å². The average Bonchev–Trinajstić information content (AvgIpc) is 3.54. The fraction of sp³-hybridized carbons (Fsp3) is 0.400. The van der Waals surface area contributed by atoms with Gasteiger partial charge in [-0.15, -0.1) is 5.10 Å². The van der Waals surface area contributed by atoms with Crippen LogP contribution in [0.25, 0.3) is 5.69 Å². The van der Waals surface area contributed by atoms with Gasteiger partial charge in [0.15, 0.2) is 0 Å². The van der Waals surface area contributed by atoms with Gasteiger partial charge in [0.2, 0.25) is 5.95 Å². The van der Waals surface area contributed by atoms with Crippen LogP contribution in [0, 0.1) is 24.6 Å². The number of alkyl halides is 2. The number of hydrogen-bond acceptors (Lipinski definition) is 9. The van der Waals surface area contributed by atoms with Gasteiger partial charge in [0.05, 0.1) is 41.3 Å². The highest BCUT2D eigenvalue weighted by atomic mass is 35.5. The number of ether oxygens (including phenoxy) is 1. The number of piperidine rings is 1. The van der Waals surface area contributed by atoms with Crippen LogP contribution in [0.3, 0.4) is 0 Å². The van der Waals surface area contributed by atoms with E-state index in [0.29, 0.717) is 23.0 Å². The third kappa shape index (κ3) is 4.99. The smallest absolute Gasteiger partial charge is 0.258 e. The summed E-state index contributed by atoms with van der Waals surface area (Å²) in [5, 5.41) is 18.0. The Morgan fingerprint density at radius 3 is 2.73 bits per heavy atom. The first-order chi connectivity index (χ1) is 19.7. The van der Waals surface area contributed by atoms with E-state index in [1.54, 1.807) is 35.0 Å². The molecule has 1 amide bonds. The van der Waals surface area contributed by atoms with E-state index in [9.17, 15) is 18.0 Å². The maximum absolute atomic E-state index is 14.9. The number of anilines is 1. The molecule has 0 spiro atoms. The number of nitrogens with zero attached hydrogens (tertiary/aromatic N) is 9. The molecule has 1 N–H and O–H groups in total. The number of carbonyl (C=O) groups is 1. The summed E-state index contributed by atoms with van der Waals surface area (Å²) in [5.74, 6) is -4.61. The van der Waals surface area contributed by atoms with Gasteiger partial charge < -0.3 is 15.0 Å². The van der Waals surface area contributed by atoms with Gasteiger partial charge in [0, 0.05) is 56.0 Å². The van der Waals surface area contributed by atoms with Crippen LogP contribution in [-0.4, -0.2) is 72.0 Å². The summed E-state index contributed by atoms with van der Waals surface area (Å²) < 4.78 is 50.1. The molecule has 41 heavy (non-hydrogen) atoms. The van der Waals surface area contributed by atoms with Crippen LogP contribution in [-0.2, 0) is 24.4 Å². The first kappa shape index (κ1) is 27.1. The van der Waals surface area contributed by atoms with Crippen molar-refractivity contribution >= 4 is 23.5 Å². The van der Waals surface area contributed by atoms with Gasteiger partial charge in [-0.2, -0.15) is 5.10 Å². The number of carbonyl (C=O) groups excluding carboxylic acids is 1. The predicted octanol–water partition coefficient (Wildman–Crippen LogP) is 2.58. The van der Waals surface area contributed by atoms with Crippen molar-refractivity contribution in [3.8, 4) is 5.69 Å². The Bertz CT molecular complexity index is 1600. The molecule has 1 saturated carbocycles. The molecule has 6 rings (SSSR count). The van der Waals surface area contributed by atoms with Crippen molar-refractivity contribution < 1.29 is 22.7 Å². The van der Waals surface area contributed by atoms with Crippen molar-refractivity contribution in [1.82, 2.24) is 45.3 Å². The molecule has 16 heteroatoms. The third-order valence-electron chi connectivity index (χ3n) is 7.44. The summed E-state index contributed by atoms with van der Waals surface area (Å²) in [4.78, 5) is 23.9. The zero-order chi connectivity index (χ0) is 28.9. The standard InChI is InChI=1S/C25H24ClF3N10O2/c1-13-14(5-31-24(33-13)37-9-17-18(10-37)25(17,28)29)7-38-8-16(20(34-38)11-41-2)23(40)30-6-15-21(39-12-32-35-36-39)4-3-19(26)22(15)27/h3-5,8,12,17-18H,6-7,9-11H2,1-2H3,(H,30,40). The second-order valence-corrected chi connectivity index (χ2v) is 10.4. The molecule has 0 bridgehead atoms. The number of tetrazole rings is 1. The van der Waals surface area contributed by atoms with Gasteiger partial charge in [0.25, 0.3) is 11.8 Å². The van der Waals surface area contributed by atoms with E-state index in [1.807, 2.05) is 0 Å². The minimum absolute atomic E-state index is 0.0630.